The Hall–Kier alpha value is -3.04. The highest BCUT2D eigenvalue weighted by Gasteiger charge is 2.28. The molecule has 10 heteroatoms. The van der Waals surface area contributed by atoms with E-state index in [9.17, 15) is 9.59 Å². The van der Waals surface area contributed by atoms with Crippen LogP contribution < -0.4 is 19.3 Å². The molecule has 0 saturated carbocycles. The van der Waals surface area contributed by atoms with E-state index in [-0.39, 0.29) is 24.9 Å². The highest BCUT2D eigenvalue weighted by molar-refractivity contribution is 9.11. The molecule has 4 rings (SSSR count). The quantitative estimate of drug-likeness (QED) is 0.155. The van der Waals surface area contributed by atoms with Crippen molar-refractivity contribution in [2.45, 2.75) is 26.1 Å². The lowest BCUT2D eigenvalue weighted by atomic mass is 10.2. The molecule has 4 aromatic rings. The lowest BCUT2D eigenvalue weighted by Crippen LogP contribution is -2.48. The molecule has 4 aromatic carbocycles. The normalized spacial score (nSPS) is 12.2. The van der Waals surface area contributed by atoms with E-state index in [1.54, 1.807) is 60.0 Å². The predicted octanol–water partition coefficient (Wildman–Crippen LogP) is 8.82. The van der Waals surface area contributed by atoms with Crippen molar-refractivity contribution in [3.8, 4) is 11.5 Å². The number of benzene rings is 4. The fourth-order valence-electron chi connectivity index (χ4n) is 4.21. The number of carbonyl (C=O) groups is 2. The molecule has 2 atom stereocenters. The smallest absolute Gasteiger partial charge is 0.267 e. The fourth-order valence-corrected chi connectivity index (χ4v) is 5.76. The number of anilines is 2. The maximum atomic E-state index is 13.8. The van der Waals surface area contributed by atoms with Crippen LogP contribution in [0.5, 0.6) is 11.5 Å². The molecule has 42 heavy (non-hydrogen) atoms. The van der Waals surface area contributed by atoms with Gasteiger partial charge in [-0.25, -0.2) is 0 Å². The van der Waals surface area contributed by atoms with Gasteiger partial charge >= 0.3 is 0 Å². The van der Waals surface area contributed by atoms with Gasteiger partial charge in [0.15, 0.2) is 12.2 Å². The number of hydrogen-bond acceptors (Lipinski definition) is 4. The zero-order valence-electron chi connectivity index (χ0n) is 22.8. The van der Waals surface area contributed by atoms with E-state index < -0.39 is 12.2 Å². The van der Waals surface area contributed by atoms with Gasteiger partial charge in [-0.1, -0.05) is 59.6 Å². The van der Waals surface area contributed by atoms with E-state index in [0.29, 0.717) is 41.9 Å². The molecule has 2 unspecified atom stereocenters. The van der Waals surface area contributed by atoms with Crippen LogP contribution in [-0.2, 0) is 9.59 Å². The van der Waals surface area contributed by atoms with Crippen molar-refractivity contribution < 1.29 is 19.1 Å². The highest BCUT2D eigenvalue weighted by atomic mass is 79.9. The second-order valence-electron chi connectivity index (χ2n) is 9.32. The monoisotopic (exact) mass is 732 g/mol. The second kappa shape index (κ2) is 14.9. The Labute approximate surface area is 272 Å². The second-order valence-corrected chi connectivity index (χ2v) is 11.9. The van der Waals surface area contributed by atoms with E-state index >= 15 is 0 Å². The third kappa shape index (κ3) is 8.28. The van der Waals surface area contributed by atoms with E-state index in [0.717, 1.165) is 0 Å². The first-order valence-electron chi connectivity index (χ1n) is 13.1. The van der Waals surface area contributed by atoms with E-state index in [4.69, 9.17) is 32.7 Å². The molecule has 0 radical (unpaired) electrons. The summed E-state index contributed by atoms with van der Waals surface area (Å²) in [6.45, 7) is 3.80. The average Bonchev–Trinajstić information content (AvgIpc) is 2.98. The van der Waals surface area contributed by atoms with Gasteiger partial charge in [-0.2, -0.15) is 0 Å². The third-order valence-corrected chi connectivity index (χ3v) is 8.02. The molecule has 218 valence electrons. The zero-order valence-corrected chi connectivity index (χ0v) is 27.5. The number of amides is 2. The summed E-state index contributed by atoms with van der Waals surface area (Å²) in [6.07, 6.45) is -1.65. The van der Waals surface area contributed by atoms with Crippen molar-refractivity contribution in [2.75, 3.05) is 22.9 Å². The van der Waals surface area contributed by atoms with Gasteiger partial charge in [-0.05, 0) is 106 Å². The first-order chi connectivity index (χ1) is 20.1. The Morgan fingerprint density at radius 1 is 0.643 bits per heavy atom. The maximum absolute atomic E-state index is 13.8. The van der Waals surface area contributed by atoms with Crippen LogP contribution in [0.3, 0.4) is 0 Å². The predicted molar refractivity (Wildman–Crippen MR) is 176 cm³/mol. The number of halogens is 4. The lowest BCUT2D eigenvalue weighted by Gasteiger charge is -2.31. The lowest BCUT2D eigenvalue weighted by molar-refractivity contribution is -0.126. The number of nitrogens with zero attached hydrogens (tertiary/aromatic N) is 2. The standard InChI is InChI=1S/C32H28Br2Cl2N2O4/c1-21(41-29-15-13-23(35)19-27(29)33)31(39)37(25-9-5-3-6-10-25)17-18-38(26-11-7-4-8-12-26)32(40)22(2)42-30-16-14-24(36)20-28(30)34/h3-16,19-22H,17-18H2,1-2H3. The molecule has 0 spiro atoms. The molecule has 0 aliphatic carbocycles. The van der Waals surface area contributed by atoms with E-state index in [2.05, 4.69) is 31.9 Å². The molecular formula is C32H28Br2Cl2N2O4. The third-order valence-electron chi connectivity index (χ3n) is 6.31. The Bertz CT molecular complexity index is 1410. The average molecular weight is 735 g/mol. The van der Waals surface area contributed by atoms with Crippen molar-refractivity contribution >= 4 is 78.3 Å². The summed E-state index contributed by atoms with van der Waals surface area (Å²) in [4.78, 5) is 30.8. The molecule has 2 amide bonds. The summed E-state index contributed by atoms with van der Waals surface area (Å²) in [7, 11) is 0. The minimum Gasteiger partial charge on any atom is -0.480 e. The first kappa shape index (κ1) is 31.9. The van der Waals surface area contributed by atoms with E-state index in [1.807, 2.05) is 60.7 Å². The molecule has 0 aromatic heterocycles. The molecule has 0 saturated heterocycles. The van der Waals surface area contributed by atoms with Crippen LogP contribution in [0.2, 0.25) is 10.0 Å². The summed E-state index contributed by atoms with van der Waals surface area (Å²) in [5, 5.41) is 1.10. The van der Waals surface area contributed by atoms with Crippen LogP contribution in [0.4, 0.5) is 11.4 Å². The van der Waals surface area contributed by atoms with Crippen molar-refractivity contribution in [1.82, 2.24) is 0 Å². The van der Waals surface area contributed by atoms with Crippen molar-refractivity contribution in [3.63, 3.8) is 0 Å². The minimum atomic E-state index is -0.826. The van der Waals surface area contributed by atoms with Crippen LogP contribution in [0, 0.1) is 0 Å². The summed E-state index contributed by atoms with van der Waals surface area (Å²) in [6, 6.07) is 28.8. The van der Waals surface area contributed by atoms with Crippen LogP contribution in [0.1, 0.15) is 13.8 Å². The fraction of sp³-hybridized carbons (Fsp3) is 0.188. The Kier molecular flexibility index (Phi) is 11.3. The molecule has 0 fully saturated rings. The van der Waals surface area contributed by atoms with Crippen LogP contribution in [0.25, 0.3) is 0 Å². The molecule has 0 heterocycles. The van der Waals surface area contributed by atoms with Crippen LogP contribution >= 0.6 is 55.1 Å². The molecule has 0 N–H and O–H groups in total. The number of para-hydroxylation sites is 2. The Balaban J connectivity index is 1.57. The van der Waals surface area contributed by atoms with Gasteiger partial charge in [0.25, 0.3) is 11.8 Å². The Morgan fingerprint density at radius 3 is 1.33 bits per heavy atom. The summed E-state index contributed by atoms with van der Waals surface area (Å²) < 4.78 is 13.3. The van der Waals surface area contributed by atoms with Gasteiger partial charge in [-0.3, -0.25) is 9.59 Å². The number of carbonyl (C=O) groups excluding carboxylic acids is 2. The van der Waals surface area contributed by atoms with Crippen molar-refractivity contribution in [2.24, 2.45) is 0 Å². The van der Waals surface area contributed by atoms with Crippen molar-refractivity contribution in [3.05, 3.63) is 116 Å². The number of rotatable bonds is 11. The van der Waals surface area contributed by atoms with Crippen molar-refractivity contribution in [1.29, 1.82) is 0 Å². The number of hydrogen-bond donors (Lipinski definition) is 0. The zero-order chi connectivity index (χ0) is 30.2. The molecule has 6 nitrogen and oxygen atoms in total. The largest absolute Gasteiger partial charge is 0.480 e. The van der Waals surface area contributed by atoms with Gasteiger partial charge in [0.1, 0.15) is 11.5 Å². The topological polar surface area (TPSA) is 59.1 Å². The molecule has 0 aliphatic heterocycles. The van der Waals surface area contributed by atoms with Gasteiger partial charge in [0.2, 0.25) is 0 Å². The molecule has 0 bridgehead atoms. The van der Waals surface area contributed by atoms with E-state index in [1.165, 1.54) is 0 Å². The highest BCUT2D eigenvalue weighted by Crippen LogP contribution is 2.31. The summed E-state index contributed by atoms with van der Waals surface area (Å²) in [5.74, 6) is 0.457. The minimum absolute atomic E-state index is 0.205. The van der Waals surface area contributed by atoms with Gasteiger partial charge < -0.3 is 19.3 Å². The number of ether oxygens (including phenoxy) is 2. The summed E-state index contributed by atoms with van der Waals surface area (Å²) >= 11 is 19.0. The van der Waals surface area contributed by atoms with Gasteiger partial charge in [0, 0.05) is 34.5 Å². The Morgan fingerprint density at radius 2 is 1.00 bits per heavy atom. The van der Waals surface area contributed by atoms with Gasteiger partial charge in [-0.15, -0.1) is 0 Å². The first-order valence-corrected chi connectivity index (χ1v) is 15.4. The maximum Gasteiger partial charge on any atom is 0.267 e. The van der Waals surface area contributed by atoms with Crippen LogP contribution in [-0.4, -0.2) is 37.1 Å². The molecule has 0 aliphatic rings. The summed E-state index contributed by atoms with van der Waals surface area (Å²) in [5.41, 5.74) is 1.37. The SMILES string of the molecule is CC(Oc1ccc(Cl)cc1Br)C(=O)N(CCN(C(=O)C(C)Oc1ccc(Cl)cc1Br)c1ccccc1)c1ccccc1. The molecular weight excluding hydrogens is 707 g/mol. The van der Waals surface area contributed by atoms with Gasteiger partial charge in [0.05, 0.1) is 8.95 Å². The van der Waals surface area contributed by atoms with Crippen LogP contribution in [0.15, 0.2) is 106 Å².